The van der Waals surface area contributed by atoms with Gasteiger partial charge in [-0.25, -0.2) is 0 Å². The summed E-state index contributed by atoms with van der Waals surface area (Å²) in [4.78, 5) is 0. The molecule has 480 valence electrons. The smallest absolute Gasteiger partial charge is 0 e. The zero-order valence-electron chi connectivity index (χ0n) is 54.4. The molecule has 0 amide bonds. The first-order valence-corrected chi connectivity index (χ1v) is 25.7. The van der Waals surface area contributed by atoms with E-state index < -0.39 is 0 Å². The largest absolute Gasteiger partial charge is 2.00 e. The Morgan fingerprint density at radius 3 is 0.145 bits per heavy atom. The Labute approximate surface area is 568 Å². The summed E-state index contributed by atoms with van der Waals surface area (Å²) >= 11 is 0. The van der Waals surface area contributed by atoms with Gasteiger partial charge in [0.1, 0.15) is 0 Å². The van der Waals surface area contributed by atoms with E-state index in [4.69, 9.17) is 0 Å². The molecule has 0 unspecified atom stereocenters. The van der Waals surface area contributed by atoms with Crippen LogP contribution in [0, 0.1) is 219 Å². The van der Waals surface area contributed by atoms with Gasteiger partial charge in [-0.2, -0.15) is 0 Å². The van der Waals surface area contributed by atoms with Crippen LogP contribution in [0.3, 0.4) is 0 Å². The van der Waals surface area contributed by atoms with Crippen LogP contribution < -0.4 is 40.9 Å². The maximum atomic E-state index is 10.9. The van der Waals surface area contributed by atoms with Gasteiger partial charge in [-0.15, -0.1) is 48.8 Å². The fraction of sp³-hybridized carbons (Fsp3) is 1.00. The van der Waals surface area contributed by atoms with E-state index in [2.05, 4.69) is 0 Å². The summed E-state index contributed by atoms with van der Waals surface area (Å²) in [5, 5.41) is 87.4. The van der Waals surface area contributed by atoms with Crippen LogP contribution in [0.15, 0.2) is 0 Å². The van der Waals surface area contributed by atoms with Crippen LogP contribution in [0.2, 0.25) is 0 Å². The van der Waals surface area contributed by atoms with E-state index in [1.807, 2.05) is 222 Å². The topological polar surface area (TPSA) is 412 Å². The molecule has 0 spiro atoms. The molecule has 0 radical (unpaired) electrons. The van der Waals surface area contributed by atoms with Gasteiger partial charge in [0.25, 0.3) is 0 Å². The maximum absolute atomic E-state index is 10.9. The molecule has 0 rings (SSSR count). The Morgan fingerprint density at radius 2 is 0.145 bits per heavy atom. The quantitative estimate of drug-likeness (QED) is 0.151. The van der Waals surface area contributed by atoms with E-state index in [0.29, 0.717) is 0 Å². The molecule has 20 heteroatoms. The van der Waals surface area contributed by atoms with Crippen LogP contribution >= 0.6 is 0 Å². The SMILES string of the molecule is CC(C)C([O-])C(C)C.CC(C)C([O-])C(C)C.CC(C)C([O-])C(C)C.CC(C)C([O-])C(C)C.CC(C)C([O-])C(C)C.CC(C)C([O-])C(C)C.CC(C)C([O-])C(C)C.CC(C)C([O-])C(C)C.[O-2].[O-2].[O-2].[O-2].[O-2].[O-2].[O-2].[O-2].[U].[U].[U].[U]. The second-order valence-corrected chi connectivity index (χ2v) is 23.6. The minimum absolute atomic E-state index is 0. The summed E-state index contributed by atoms with van der Waals surface area (Å²) in [5.74, 6) is 4.59. The predicted octanol–water partition coefficient (Wildman–Crippen LogP) is 7.27. The Hall–Kier alpha value is 3.57. The Bertz CT molecular complexity index is 654. The van der Waals surface area contributed by atoms with Gasteiger partial charge in [0.15, 0.2) is 0 Å². The van der Waals surface area contributed by atoms with Crippen molar-refractivity contribution in [1.29, 1.82) is 0 Å². The molecule has 0 N–H and O–H groups in total. The third-order valence-electron chi connectivity index (χ3n) is 10.5. The third-order valence-corrected chi connectivity index (χ3v) is 10.5. The van der Waals surface area contributed by atoms with Crippen molar-refractivity contribution in [3.8, 4) is 0 Å². The second kappa shape index (κ2) is 82.8. The van der Waals surface area contributed by atoms with Crippen LogP contribution in [0.1, 0.15) is 222 Å². The summed E-state index contributed by atoms with van der Waals surface area (Å²) in [6, 6.07) is 0. The zero-order chi connectivity index (χ0) is 53.9. The van der Waals surface area contributed by atoms with Crippen molar-refractivity contribution >= 4 is 0 Å². The van der Waals surface area contributed by atoms with Crippen LogP contribution in [-0.4, -0.2) is 48.8 Å². The van der Waals surface area contributed by atoms with Gasteiger partial charge in [0, 0.05) is 124 Å². The van der Waals surface area contributed by atoms with Gasteiger partial charge in [-0.05, 0) is 0 Å². The fourth-order valence-corrected chi connectivity index (χ4v) is 6.16. The molecule has 0 saturated carbocycles. The van der Waals surface area contributed by atoms with E-state index >= 15 is 0 Å². The zero-order valence-corrected chi connectivity index (χ0v) is 71.0. The van der Waals surface area contributed by atoms with E-state index in [1.54, 1.807) is 0 Å². The Morgan fingerprint density at radius 1 is 0.118 bits per heavy atom. The molecule has 76 heavy (non-hydrogen) atoms. The maximum Gasteiger partial charge on any atom is 0 e. The Kier molecular flexibility index (Phi) is 151. The minimum Gasteiger partial charge on any atom is -2.00 e. The molecule has 16 nitrogen and oxygen atoms in total. The number of hydrogen-bond donors (Lipinski definition) is 0. The normalized spacial score (nSPS) is 10.1. The van der Waals surface area contributed by atoms with Crippen molar-refractivity contribution in [2.45, 2.75) is 270 Å². The van der Waals surface area contributed by atoms with Crippen molar-refractivity contribution in [3.63, 3.8) is 0 Å². The first kappa shape index (κ1) is 138. The van der Waals surface area contributed by atoms with Gasteiger partial charge < -0.3 is 84.7 Å². The molecule has 0 aliphatic carbocycles. The van der Waals surface area contributed by atoms with Crippen LogP contribution in [0.25, 0.3) is 0 Å². The molecular weight excluding hydrogens is 1880 g/mol. The first-order chi connectivity index (χ1) is 28.4. The summed E-state index contributed by atoms with van der Waals surface area (Å²) < 4.78 is 0. The fourth-order valence-electron chi connectivity index (χ4n) is 6.16. The van der Waals surface area contributed by atoms with Gasteiger partial charge in [0.2, 0.25) is 0 Å². The molecule has 0 heterocycles. The van der Waals surface area contributed by atoms with Gasteiger partial charge >= 0.3 is 0 Å². The van der Waals surface area contributed by atoms with Crippen molar-refractivity contribution < 1.29 is 209 Å². The molecule has 0 aromatic rings. The monoisotopic (exact) mass is 2000 g/mol. The molecule has 0 bridgehead atoms. The summed E-state index contributed by atoms with van der Waals surface area (Å²) in [5.41, 5.74) is 0. The summed E-state index contributed by atoms with van der Waals surface area (Å²) in [6.07, 6.45) is -3.04. The molecule has 0 fully saturated rings. The number of rotatable bonds is 16. The van der Waals surface area contributed by atoms with Crippen molar-refractivity contribution in [3.05, 3.63) is 0 Å². The predicted molar refractivity (Wildman–Crippen MR) is 273 cm³/mol. The third kappa shape index (κ3) is 99.6. The molecule has 0 aliphatic rings. The van der Waals surface area contributed by atoms with E-state index in [0.717, 1.165) is 0 Å². The standard InChI is InChI=1S/8C7H15O.8O.4U/c8*1-5(2)7(8)6(3)4;;;;;;;;;;;;/h8*5-7H,1-4H3;;;;;;;;;;;;/q8*-1;8*-2;;;;. The molecule has 0 aromatic heterocycles. The molecular formula is C56H120O16U4-24. The number of hydrogen-bond acceptors (Lipinski definition) is 8. The van der Waals surface area contributed by atoms with Crippen LogP contribution in [-0.2, 0) is 43.8 Å². The van der Waals surface area contributed by atoms with Gasteiger partial charge in [-0.1, -0.05) is 316 Å². The van der Waals surface area contributed by atoms with Crippen LogP contribution in [0.5, 0.6) is 0 Å². The van der Waals surface area contributed by atoms with Crippen molar-refractivity contribution in [2.24, 2.45) is 94.7 Å². The molecule has 0 aliphatic heterocycles. The van der Waals surface area contributed by atoms with Crippen molar-refractivity contribution in [2.75, 3.05) is 0 Å². The van der Waals surface area contributed by atoms with E-state index in [1.165, 1.54) is 0 Å². The molecule has 0 aromatic carbocycles. The average Bonchev–Trinajstić information content (AvgIpc) is 3.16. The van der Waals surface area contributed by atoms with Gasteiger partial charge in [-0.3, -0.25) is 0 Å². The second-order valence-electron chi connectivity index (χ2n) is 23.6. The van der Waals surface area contributed by atoms with Crippen LogP contribution in [0.4, 0.5) is 0 Å². The van der Waals surface area contributed by atoms with Crippen molar-refractivity contribution in [1.82, 2.24) is 0 Å². The summed E-state index contributed by atoms with van der Waals surface area (Å²) in [7, 11) is 0. The average molecular weight is 2000 g/mol. The Balaban J connectivity index is -0.0000000256. The minimum atomic E-state index is -0.380. The first-order valence-electron chi connectivity index (χ1n) is 25.7. The molecule has 0 saturated heterocycles. The van der Waals surface area contributed by atoms with E-state index in [9.17, 15) is 40.9 Å². The van der Waals surface area contributed by atoms with E-state index in [-0.39, 0.29) is 312 Å². The molecule has 0 atom stereocenters. The summed E-state index contributed by atoms with van der Waals surface area (Å²) in [6.45, 7) is 63.0. The van der Waals surface area contributed by atoms with Gasteiger partial charge in [0.05, 0.1) is 0 Å².